The van der Waals surface area contributed by atoms with Gasteiger partial charge in [-0.05, 0) is 24.1 Å². The molecule has 0 saturated carbocycles. The maximum absolute atomic E-state index is 12.2. The number of hydrogen-bond donors (Lipinski definition) is 3. The lowest BCUT2D eigenvalue weighted by Crippen LogP contribution is -2.48. The van der Waals surface area contributed by atoms with Crippen LogP contribution in [0.3, 0.4) is 0 Å². The first-order valence-electron chi connectivity index (χ1n) is 6.49. The number of carbonyl (C=O) groups is 2. The summed E-state index contributed by atoms with van der Waals surface area (Å²) in [6, 6.07) is 4.65. The second-order valence-electron chi connectivity index (χ2n) is 4.92. The van der Waals surface area contributed by atoms with Crippen LogP contribution in [0.15, 0.2) is 24.4 Å². The van der Waals surface area contributed by atoms with Gasteiger partial charge in [0.2, 0.25) is 5.91 Å². The Morgan fingerprint density at radius 1 is 1.25 bits per heavy atom. The number of hydrogen-bond acceptors (Lipinski definition) is 3. The van der Waals surface area contributed by atoms with E-state index in [4.69, 9.17) is 0 Å². The zero-order valence-corrected chi connectivity index (χ0v) is 11.7. The van der Waals surface area contributed by atoms with Crippen molar-refractivity contribution in [3.8, 4) is 0 Å². The highest BCUT2D eigenvalue weighted by Gasteiger charge is 2.24. The molecule has 2 heterocycles. The molecule has 0 unspecified atom stereocenters. The Bertz CT molecular complexity index is 633. The fourth-order valence-corrected chi connectivity index (χ4v) is 1.97. The Labute approximate surface area is 117 Å². The molecule has 0 aliphatic heterocycles. The van der Waals surface area contributed by atoms with Crippen LogP contribution in [0, 0.1) is 5.92 Å². The number of H-pyrrole nitrogens is 1. The fraction of sp³-hybridized carbons (Fsp3) is 0.357. The first-order valence-corrected chi connectivity index (χ1v) is 6.49. The summed E-state index contributed by atoms with van der Waals surface area (Å²) >= 11 is 0. The van der Waals surface area contributed by atoms with Gasteiger partial charge in [-0.25, -0.2) is 4.98 Å². The molecule has 0 saturated heterocycles. The van der Waals surface area contributed by atoms with Crippen LogP contribution in [0.2, 0.25) is 0 Å². The van der Waals surface area contributed by atoms with E-state index in [1.165, 1.54) is 0 Å². The number of fused-ring (bicyclic) bond motifs is 1. The fourth-order valence-electron chi connectivity index (χ4n) is 1.97. The van der Waals surface area contributed by atoms with Gasteiger partial charge in [0.15, 0.2) is 0 Å². The molecule has 0 aliphatic rings. The molecule has 2 aromatic heterocycles. The maximum atomic E-state index is 12.2. The van der Waals surface area contributed by atoms with Crippen molar-refractivity contribution in [2.24, 2.45) is 5.92 Å². The summed E-state index contributed by atoms with van der Waals surface area (Å²) in [5.41, 5.74) is 1.89. The zero-order chi connectivity index (χ0) is 14.7. The number of amides is 2. The predicted octanol–water partition coefficient (Wildman–Crippen LogP) is 1.06. The molecule has 6 nitrogen and oxygen atoms in total. The van der Waals surface area contributed by atoms with Crippen LogP contribution in [-0.4, -0.2) is 34.9 Å². The van der Waals surface area contributed by atoms with E-state index in [1.54, 1.807) is 31.4 Å². The molecule has 1 atom stereocenters. The first-order chi connectivity index (χ1) is 9.52. The van der Waals surface area contributed by atoms with Crippen LogP contribution in [0.1, 0.15) is 24.3 Å². The molecular weight excluding hydrogens is 256 g/mol. The van der Waals surface area contributed by atoms with E-state index < -0.39 is 6.04 Å². The van der Waals surface area contributed by atoms with E-state index in [0.29, 0.717) is 5.69 Å². The van der Waals surface area contributed by atoms with Gasteiger partial charge in [-0.15, -0.1) is 0 Å². The number of pyridine rings is 1. The van der Waals surface area contributed by atoms with E-state index in [9.17, 15) is 9.59 Å². The lowest BCUT2D eigenvalue weighted by Gasteiger charge is -2.20. The summed E-state index contributed by atoms with van der Waals surface area (Å²) in [5, 5.41) is 5.27. The van der Waals surface area contributed by atoms with Gasteiger partial charge in [-0.3, -0.25) is 9.59 Å². The molecule has 20 heavy (non-hydrogen) atoms. The number of nitrogens with zero attached hydrogens (tertiary/aromatic N) is 1. The van der Waals surface area contributed by atoms with Crippen LogP contribution in [0.5, 0.6) is 0 Å². The van der Waals surface area contributed by atoms with Gasteiger partial charge in [-0.1, -0.05) is 13.8 Å². The van der Waals surface area contributed by atoms with E-state index >= 15 is 0 Å². The predicted molar refractivity (Wildman–Crippen MR) is 76.3 cm³/mol. The highest BCUT2D eigenvalue weighted by atomic mass is 16.2. The molecule has 0 radical (unpaired) electrons. The number of rotatable bonds is 4. The number of aromatic amines is 1. The monoisotopic (exact) mass is 274 g/mol. The van der Waals surface area contributed by atoms with Crippen LogP contribution in [0.4, 0.5) is 0 Å². The first kappa shape index (κ1) is 14.0. The maximum Gasteiger partial charge on any atom is 0.270 e. The van der Waals surface area contributed by atoms with Crippen molar-refractivity contribution in [1.82, 2.24) is 20.6 Å². The lowest BCUT2D eigenvalue weighted by atomic mass is 10.0. The molecule has 2 aromatic rings. The van der Waals surface area contributed by atoms with E-state index in [2.05, 4.69) is 20.6 Å². The minimum absolute atomic E-state index is 0.00473. The third-order valence-electron chi connectivity index (χ3n) is 3.12. The molecule has 0 aliphatic carbocycles. The second-order valence-corrected chi connectivity index (χ2v) is 4.92. The van der Waals surface area contributed by atoms with Gasteiger partial charge in [0, 0.05) is 13.2 Å². The Morgan fingerprint density at radius 3 is 2.65 bits per heavy atom. The molecule has 2 rings (SSSR count). The van der Waals surface area contributed by atoms with Crippen molar-refractivity contribution in [2.45, 2.75) is 19.9 Å². The summed E-state index contributed by atoms with van der Waals surface area (Å²) in [7, 11) is 1.55. The average molecular weight is 274 g/mol. The van der Waals surface area contributed by atoms with Crippen LogP contribution >= 0.6 is 0 Å². The quantitative estimate of drug-likeness (QED) is 0.779. The number of aromatic nitrogens is 2. The van der Waals surface area contributed by atoms with Crippen LogP contribution in [-0.2, 0) is 4.79 Å². The lowest BCUT2D eigenvalue weighted by molar-refractivity contribution is -0.123. The molecule has 0 spiro atoms. The molecule has 3 N–H and O–H groups in total. The average Bonchev–Trinajstić information content (AvgIpc) is 2.90. The molecule has 6 heteroatoms. The van der Waals surface area contributed by atoms with Crippen LogP contribution in [0.25, 0.3) is 11.0 Å². The van der Waals surface area contributed by atoms with Gasteiger partial charge in [-0.2, -0.15) is 0 Å². The molecule has 0 bridgehead atoms. The van der Waals surface area contributed by atoms with Crippen molar-refractivity contribution in [1.29, 1.82) is 0 Å². The third-order valence-corrected chi connectivity index (χ3v) is 3.12. The SMILES string of the molecule is CNC(=O)[C@@H](NC(=O)c1ccc2[nH]ccc2n1)C(C)C. The van der Waals surface area contributed by atoms with E-state index in [-0.39, 0.29) is 17.7 Å². The standard InChI is InChI=1S/C14H18N4O2/c1-8(2)12(14(20)15-3)18-13(19)11-5-4-9-10(17-11)6-7-16-9/h4-8,12,16H,1-3H3,(H,15,20)(H,18,19)/t12-/m0/s1. The van der Waals surface area contributed by atoms with Gasteiger partial charge in [0.25, 0.3) is 5.91 Å². The smallest absolute Gasteiger partial charge is 0.270 e. The molecule has 0 aromatic carbocycles. The summed E-state index contributed by atoms with van der Waals surface area (Å²) in [5.74, 6) is -0.568. The minimum Gasteiger partial charge on any atom is -0.360 e. The Morgan fingerprint density at radius 2 is 2.00 bits per heavy atom. The topological polar surface area (TPSA) is 86.9 Å². The molecule has 2 amide bonds. The van der Waals surface area contributed by atoms with Crippen molar-refractivity contribution in [3.05, 3.63) is 30.1 Å². The minimum atomic E-state index is -0.573. The number of likely N-dealkylation sites (N-methyl/N-ethyl adjacent to an activating group) is 1. The zero-order valence-electron chi connectivity index (χ0n) is 11.7. The van der Waals surface area contributed by atoms with Crippen molar-refractivity contribution in [2.75, 3.05) is 7.05 Å². The second kappa shape index (κ2) is 5.73. The van der Waals surface area contributed by atoms with Gasteiger partial charge >= 0.3 is 0 Å². The van der Waals surface area contributed by atoms with Gasteiger partial charge in [0.05, 0.1) is 11.0 Å². The molecule has 0 fully saturated rings. The summed E-state index contributed by atoms with van der Waals surface area (Å²) in [6.07, 6.45) is 1.76. The normalized spacial score (nSPS) is 12.4. The van der Waals surface area contributed by atoms with E-state index in [0.717, 1.165) is 11.0 Å². The third kappa shape index (κ3) is 2.79. The van der Waals surface area contributed by atoms with Crippen LogP contribution < -0.4 is 10.6 Å². The van der Waals surface area contributed by atoms with Gasteiger partial charge in [0.1, 0.15) is 11.7 Å². The summed E-state index contributed by atoms with van der Waals surface area (Å²) in [4.78, 5) is 31.2. The summed E-state index contributed by atoms with van der Waals surface area (Å²) < 4.78 is 0. The summed E-state index contributed by atoms with van der Waals surface area (Å²) in [6.45, 7) is 3.76. The highest BCUT2D eigenvalue weighted by molar-refractivity contribution is 5.97. The number of carbonyl (C=O) groups excluding carboxylic acids is 2. The van der Waals surface area contributed by atoms with E-state index in [1.807, 2.05) is 13.8 Å². The van der Waals surface area contributed by atoms with Crippen molar-refractivity contribution in [3.63, 3.8) is 0 Å². The van der Waals surface area contributed by atoms with Crippen molar-refractivity contribution < 1.29 is 9.59 Å². The highest BCUT2D eigenvalue weighted by Crippen LogP contribution is 2.10. The molecular formula is C14H18N4O2. The van der Waals surface area contributed by atoms with Crippen molar-refractivity contribution >= 4 is 22.8 Å². The van der Waals surface area contributed by atoms with Gasteiger partial charge < -0.3 is 15.6 Å². The largest absolute Gasteiger partial charge is 0.360 e. The Kier molecular flexibility index (Phi) is 4.02. The Balaban J connectivity index is 2.19. The number of nitrogens with one attached hydrogen (secondary N) is 3. The molecule has 106 valence electrons. The Hall–Kier alpha value is -2.37.